The molecular weight excluding hydrogens is 250 g/mol. The normalized spacial score (nSPS) is 14.1. The molecule has 5 heteroatoms. The number of fused-ring (bicyclic) bond motifs is 1. The molecule has 1 aliphatic rings. The number of carbonyl (C=O) groups excluding carboxylic acids is 1. The number of hydrogen-bond acceptors (Lipinski definition) is 4. The molecule has 4 nitrogen and oxygen atoms in total. The highest BCUT2D eigenvalue weighted by Gasteiger charge is 2.13. The maximum Gasteiger partial charge on any atom is 0.162 e. The van der Waals surface area contributed by atoms with E-state index < -0.39 is 9.84 Å². The van der Waals surface area contributed by atoms with Gasteiger partial charge in [0.15, 0.2) is 5.78 Å². The van der Waals surface area contributed by atoms with E-state index in [0.717, 1.165) is 18.7 Å². The minimum Gasteiger partial charge on any atom is -0.384 e. The van der Waals surface area contributed by atoms with Crippen LogP contribution in [0.2, 0.25) is 0 Å². The zero-order valence-electron chi connectivity index (χ0n) is 10.4. The van der Waals surface area contributed by atoms with Gasteiger partial charge in [-0.15, -0.1) is 0 Å². The van der Waals surface area contributed by atoms with Gasteiger partial charge in [-0.25, -0.2) is 8.42 Å². The second-order valence-corrected chi connectivity index (χ2v) is 6.97. The summed E-state index contributed by atoms with van der Waals surface area (Å²) in [4.78, 5) is 11.9. The molecule has 1 N–H and O–H groups in total. The van der Waals surface area contributed by atoms with Crippen LogP contribution in [0.25, 0.3) is 0 Å². The Morgan fingerprint density at radius 3 is 2.89 bits per heavy atom. The molecule has 0 fully saturated rings. The highest BCUT2D eigenvalue weighted by atomic mass is 32.2. The molecule has 0 atom stereocenters. The van der Waals surface area contributed by atoms with Crippen molar-refractivity contribution in [2.75, 3.05) is 23.9 Å². The Kier molecular flexibility index (Phi) is 3.71. The summed E-state index contributed by atoms with van der Waals surface area (Å²) in [5.74, 6) is 0.0963. The lowest BCUT2D eigenvalue weighted by Gasteiger charge is -2.04. The van der Waals surface area contributed by atoms with Crippen LogP contribution in [0.3, 0.4) is 0 Å². The zero-order chi connectivity index (χ0) is 13.2. The molecule has 1 heterocycles. The highest BCUT2D eigenvalue weighted by Crippen LogP contribution is 2.23. The number of Topliss-reactive ketones (excluding diaryl/α,β-unsaturated/α-hetero) is 1. The number of ketones is 1. The first-order valence-corrected chi connectivity index (χ1v) is 8.09. The summed E-state index contributed by atoms with van der Waals surface area (Å²) in [6, 6.07) is 5.64. The van der Waals surface area contributed by atoms with Crippen molar-refractivity contribution >= 4 is 21.3 Å². The summed E-state index contributed by atoms with van der Waals surface area (Å²) < 4.78 is 22.0. The Bertz CT molecular complexity index is 564. The van der Waals surface area contributed by atoms with Gasteiger partial charge in [0.1, 0.15) is 9.84 Å². The van der Waals surface area contributed by atoms with Crippen molar-refractivity contribution in [3.63, 3.8) is 0 Å². The monoisotopic (exact) mass is 267 g/mol. The Balaban J connectivity index is 1.97. The van der Waals surface area contributed by atoms with E-state index in [1.54, 1.807) is 6.07 Å². The fourth-order valence-corrected chi connectivity index (χ4v) is 2.79. The summed E-state index contributed by atoms with van der Waals surface area (Å²) >= 11 is 0. The standard InChI is InChI=1S/C13H17NO3S/c1-18(16,17)8-2-3-13(15)11-4-5-12-10(9-11)6-7-14-12/h4-5,9,14H,2-3,6-8H2,1H3. The van der Waals surface area contributed by atoms with Gasteiger partial charge in [0.25, 0.3) is 0 Å². The Labute approximate surface area is 107 Å². The zero-order valence-corrected chi connectivity index (χ0v) is 11.2. The van der Waals surface area contributed by atoms with Crippen LogP contribution in [0.5, 0.6) is 0 Å². The summed E-state index contributed by atoms with van der Waals surface area (Å²) in [6.07, 6.45) is 2.82. The van der Waals surface area contributed by atoms with Crippen LogP contribution in [-0.2, 0) is 16.3 Å². The third-order valence-electron chi connectivity index (χ3n) is 3.06. The van der Waals surface area contributed by atoms with Gasteiger partial charge in [0.2, 0.25) is 0 Å². The van der Waals surface area contributed by atoms with Gasteiger partial charge in [0, 0.05) is 30.5 Å². The number of sulfone groups is 1. The van der Waals surface area contributed by atoms with E-state index in [4.69, 9.17) is 0 Å². The maximum absolute atomic E-state index is 11.9. The smallest absolute Gasteiger partial charge is 0.162 e. The van der Waals surface area contributed by atoms with Gasteiger partial charge in [0.05, 0.1) is 5.75 Å². The molecule has 0 saturated heterocycles. The molecule has 0 saturated carbocycles. The van der Waals surface area contributed by atoms with E-state index in [-0.39, 0.29) is 11.5 Å². The first-order chi connectivity index (χ1) is 8.46. The second kappa shape index (κ2) is 5.10. The van der Waals surface area contributed by atoms with Crippen molar-refractivity contribution in [3.05, 3.63) is 29.3 Å². The van der Waals surface area contributed by atoms with Gasteiger partial charge < -0.3 is 5.32 Å². The fourth-order valence-electron chi connectivity index (χ4n) is 2.12. The highest BCUT2D eigenvalue weighted by molar-refractivity contribution is 7.90. The average molecular weight is 267 g/mol. The maximum atomic E-state index is 11.9. The quantitative estimate of drug-likeness (QED) is 0.824. The van der Waals surface area contributed by atoms with Crippen molar-refractivity contribution in [1.82, 2.24) is 0 Å². The third-order valence-corrected chi connectivity index (χ3v) is 4.09. The second-order valence-electron chi connectivity index (χ2n) is 4.71. The molecule has 2 rings (SSSR count). The van der Waals surface area contributed by atoms with Crippen LogP contribution >= 0.6 is 0 Å². The Morgan fingerprint density at radius 2 is 2.17 bits per heavy atom. The molecule has 0 unspecified atom stereocenters. The van der Waals surface area contributed by atoms with Gasteiger partial charge in [-0.1, -0.05) is 0 Å². The lowest BCUT2D eigenvalue weighted by molar-refractivity contribution is 0.0982. The molecule has 0 bridgehead atoms. The first kappa shape index (κ1) is 13.1. The largest absolute Gasteiger partial charge is 0.384 e. The lowest BCUT2D eigenvalue weighted by atomic mass is 10.0. The summed E-state index contributed by atoms with van der Waals surface area (Å²) in [7, 11) is -2.97. The molecule has 0 aromatic heterocycles. The van der Waals surface area contributed by atoms with E-state index in [9.17, 15) is 13.2 Å². The van der Waals surface area contributed by atoms with Gasteiger partial charge in [-0.3, -0.25) is 4.79 Å². The first-order valence-electron chi connectivity index (χ1n) is 6.03. The Morgan fingerprint density at radius 1 is 1.39 bits per heavy atom. The summed E-state index contributed by atoms with van der Waals surface area (Å²) in [5.41, 5.74) is 2.96. The summed E-state index contributed by atoms with van der Waals surface area (Å²) in [5, 5.41) is 3.24. The van der Waals surface area contributed by atoms with Crippen molar-refractivity contribution in [2.24, 2.45) is 0 Å². The molecule has 0 aliphatic carbocycles. The lowest BCUT2D eigenvalue weighted by Crippen LogP contribution is -2.06. The third kappa shape index (κ3) is 3.32. The summed E-state index contributed by atoms with van der Waals surface area (Å²) in [6.45, 7) is 0.918. The van der Waals surface area contributed by atoms with Crippen LogP contribution < -0.4 is 5.32 Å². The van der Waals surface area contributed by atoms with Gasteiger partial charge in [-0.05, 0) is 36.6 Å². The van der Waals surface area contributed by atoms with Crippen LogP contribution in [0.4, 0.5) is 5.69 Å². The SMILES string of the molecule is CS(=O)(=O)CCCC(=O)c1ccc2c(c1)CCN2. The van der Waals surface area contributed by atoms with Crippen LogP contribution in [-0.4, -0.2) is 32.8 Å². The molecular formula is C13H17NO3S. The van der Waals surface area contributed by atoms with Crippen LogP contribution in [0.1, 0.15) is 28.8 Å². The molecule has 18 heavy (non-hydrogen) atoms. The molecule has 1 aromatic rings. The van der Waals surface area contributed by atoms with E-state index >= 15 is 0 Å². The van der Waals surface area contributed by atoms with E-state index in [2.05, 4.69) is 5.32 Å². The fraction of sp³-hybridized carbons (Fsp3) is 0.462. The van der Waals surface area contributed by atoms with Crippen molar-refractivity contribution < 1.29 is 13.2 Å². The van der Waals surface area contributed by atoms with E-state index in [1.165, 1.54) is 11.8 Å². The molecule has 0 amide bonds. The average Bonchev–Trinajstić information content (AvgIpc) is 2.73. The molecule has 0 radical (unpaired) electrons. The molecule has 1 aromatic carbocycles. The van der Waals surface area contributed by atoms with Crippen molar-refractivity contribution in [1.29, 1.82) is 0 Å². The van der Waals surface area contributed by atoms with Crippen molar-refractivity contribution in [2.45, 2.75) is 19.3 Å². The minimum atomic E-state index is -2.97. The molecule has 0 spiro atoms. The molecule has 98 valence electrons. The predicted molar refractivity (Wildman–Crippen MR) is 71.9 cm³/mol. The predicted octanol–water partition coefficient (Wildman–Crippen LogP) is 1.66. The number of rotatable bonds is 5. The van der Waals surface area contributed by atoms with Gasteiger partial charge in [-0.2, -0.15) is 0 Å². The van der Waals surface area contributed by atoms with Crippen LogP contribution in [0, 0.1) is 0 Å². The number of carbonyl (C=O) groups is 1. The molecule has 1 aliphatic heterocycles. The van der Waals surface area contributed by atoms with Crippen LogP contribution in [0.15, 0.2) is 18.2 Å². The van der Waals surface area contributed by atoms with Gasteiger partial charge >= 0.3 is 0 Å². The van der Waals surface area contributed by atoms with Crippen molar-refractivity contribution in [3.8, 4) is 0 Å². The topological polar surface area (TPSA) is 63.2 Å². The van der Waals surface area contributed by atoms with E-state index in [1.807, 2.05) is 12.1 Å². The number of hydrogen-bond donors (Lipinski definition) is 1. The van der Waals surface area contributed by atoms with E-state index in [0.29, 0.717) is 18.4 Å². The number of anilines is 1. The number of benzene rings is 1. The minimum absolute atomic E-state index is 0.0216. The Hall–Kier alpha value is -1.36. The number of nitrogens with one attached hydrogen (secondary N) is 1.